The zero-order chi connectivity index (χ0) is 10.8. The quantitative estimate of drug-likeness (QED) is 0.707. The Morgan fingerprint density at radius 3 is 2.73 bits per heavy atom. The Balaban J connectivity index is 1.98. The molecule has 0 aromatic rings. The lowest BCUT2D eigenvalue weighted by molar-refractivity contribution is -0.143. The normalized spacial score (nSPS) is 36.3. The van der Waals surface area contributed by atoms with Crippen molar-refractivity contribution in [3.8, 4) is 0 Å². The smallest absolute Gasteiger partial charge is 0.310 e. The predicted octanol–water partition coefficient (Wildman–Crippen LogP) is -0.193. The Morgan fingerprint density at radius 1 is 1.33 bits per heavy atom. The molecule has 15 heavy (non-hydrogen) atoms. The summed E-state index contributed by atoms with van der Waals surface area (Å²) in [4.78, 5) is 13.1. The Kier molecular flexibility index (Phi) is 3.23. The van der Waals surface area contributed by atoms with Crippen molar-refractivity contribution in [3.63, 3.8) is 0 Å². The van der Waals surface area contributed by atoms with Gasteiger partial charge < -0.3 is 14.6 Å². The highest BCUT2D eigenvalue weighted by molar-refractivity contribution is 5.71. The number of nitrogens with zero attached hydrogens (tertiary/aromatic N) is 1. The zero-order valence-electron chi connectivity index (χ0n) is 8.89. The number of ether oxygens (including phenoxy) is 2. The molecule has 2 saturated heterocycles. The van der Waals surface area contributed by atoms with Crippen LogP contribution in [0, 0.1) is 5.92 Å². The minimum atomic E-state index is -0.761. The van der Waals surface area contributed by atoms with Crippen molar-refractivity contribution in [2.45, 2.75) is 18.5 Å². The van der Waals surface area contributed by atoms with E-state index in [1.165, 1.54) is 0 Å². The summed E-state index contributed by atoms with van der Waals surface area (Å²) in [6.45, 7) is 2.33. The maximum atomic E-state index is 11.0. The van der Waals surface area contributed by atoms with Gasteiger partial charge in [-0.05, 0) is 13.5 Å². The molecule has 0 saturated carbocycles. The van der Waals surface area contributed by atoms with Crippen LogP contribution in [0.5, 0.6) is 0 Å². The van der Waals surface area contributed by atoms with Gasteiger partial charge in [0.25, 0.3) is 0 Å². The number of carboxylic acid groups (broad SMARTS) is 1. The SMILES string of the molecule is CN(C1CCOC1)C1COCC1C(=O)O. The molecule has 2 aliphatic rings. The average Bonchev–Trinajstić information content (AvgIpc) is 2.88. The third-order valence-corrected chi connectivity index (χ3v) is 3.37. The molecule has 0 aromatic heterocycles. The Hall–Kier alpha value is -0.650. The molecular weight excluding hydrogens is 198 g/mol. The Labute approximate surface area is 89.0 Å². The lowest BCUT2D eigenvalue weighted by atomic mass is 10.0. The minimum Gasteiger partial charge on any atom is -0.481 e. The minimum absolute atomic E-state index is 0.00537. The number of hydrogen-bond donors (Lipinski definition) is 1. The van der Waals surface area contributed by atoms with Gasteiger partial charge in [-0.15, -0.1) is 0 Å². The van der Waals surface area contributed by atoms with E-state index in [4.69, 9.17) is 14.6 Å². The molecule has 0 radical (unpaired) electrons. The molecule has 3 atom stereocenters. The van der Waals surface area contributed by atoms with E-state index in [1.807, 2.05) is 7.05 Å². The fourth-order valence-corrected chi connectivity index (χ4v) is 2.29. The van der Waals surface area contributed by atoms with Crippen LogP contribution in [0.15, 0.2) is 0 Å². The van der Waals surface area contributed by atoms with Crippen LogP contribution < -0.4 is 0 Å². The van der Waals surface area contributed by atoms with Crippen LogP contribution in [-0.2, 0) is 14.3 Å². The largest absolute Gasteiger partial charge is 0.481 e. The highest BCUT2D eigenvalue weighted by Gasteiger charge is 2.39. The summed E-state index contributed by atoms with van der Waals surface area (Å²) >= 11 is 0. The summed E-state index contributed by atoms with van der Waals surface area (Å²) < 4.78 is 10.6. The molecule has 5 nitrogen and oxygen atoms in total. The number of hydrogen-bond acceptors (Lipinski definition) is 4. The zero-order valence-corrected chi connectivity index (χ0v) is 8.89. The van der Waals surface area contributed by atoms with Gasteiger partial charge in [-0.3, -0.25) is 9.69 Å². The van der Waals surface area contributed by atoms with E-state index in [-0.39, 0.29) is 6.04 Å². The monoisotopic (exact) mass is 215 g/mol. The van der Waals surface area contributed by atoms with E-state index in [0.717, 1.165) is 13.0 Å². The van der Waals surface area contributed by atoms with Gasteiger partial charge in [-0.25, -0.2) is 0 Å². The molecule has 0 aliphatic carbocycles. The lowest BCUT2D eigenvalue weighted by Gasteiger charge is -2.30. The fourth-order valence-electron chi connectivity index (χ4n) is 2.29. The first-order chi connectivity index (χ1) is 7.20. The standard InChI is InChI=1S/C10H17NO4/c1-11(7-2-3-14-4-7)9-6-15-5-8(9)10(12)13/h7-9H,2-6H2,1H3,(H,12,13). The molecule has 2 aliphatic heterocycles. The van der Waals surface area contributed by atoms with E-state index >= 15 is 0 Å². The summed E-state index contributed by atoms with van der Waals surface area (Å²) in [5, 5.41) is 9.04. The molecule has 2 heterocycles. The average molecular weight is 215 g/mol. The third kappa shape index (κ3) is 2.14. The molecule has 86 valence electrons. The number of likely N-dealkylation sites (N-methyl/N-ethyl adjacent to an activating group) is 1. The lowest BCUT2D eigenvalue weighted by Crippen LogP contribution is -2.46. The molecule has 0 amide bonds. The Morgan fingerprint density at radius 2 is 2.13 bits per heavy atom. The number of carbonyl (C=O) groups is 1. The van der Waals surface area contributed by atoms with E-state index in [0.29, 0.717) is 25.9 Å². The van der Waals surface area contributed by atoms with Crippen LogP contribution in [-0.4, -0.2) is 61.5 Å². The van der Waals surface area contributed by atoms with Crippen LogP contribution in [0.3, 0.4) is 0 Å². The molecule has 3 unspecified atom stereocenters. The molecule has 0 bridgehead atoms. The summed E-state index contributed by atoms with van der Waals surface area (Å²) in [6.07, 6.45) is 0.985. The molecule has 2 fully saturated rings. The van der Waals surface area contributed by atoms with Crippen molar-refractivity contribution in [1.82, 2.24) is 4.90 Å². The first-order valence-electron chi connectivity index (χ1n) is 5.30. The highest BCUT2D eigenvalue weighted by Crippen LogP contribution is 2.23. The van der Waals surface area contributed by atoms with E-state index < -0.39 is 11.9 Å². The van der Waals surface area contributed by atoms with Gasteiger partial charge in [-0.2, -0.15) is 0 Å². The van der Waals surface area contributed by atoms with Crippen LogP contribution >= 0.6 is 0 Å². The van der Waals surface area contributed by atoms with Crippen molar-refractivity contribution >= 4 is 5.97 Å². The van der Waals surface area contributed by atoms with Crippen molar-refractivity contribution in [1.29, 1.82) is 0 Å². The van der Waals surface area contributed by atoms with Gasteiger partial charge in [0.05, 0.1) is 25.7 Å². The van der Waals surface area contributed by atoms with Gasteiger partial charge in [-0.1, -0.05) is 0 Å². The summed E-state index contributed by atoms with van der Waals surface area (Å²) in [5.74, 6) is -1.15. The number of rotatable bonds is 3. The predicted molar refractivity (Wildman–Crippen MR) is 52.7 cm³/mol. The second-order valence-electron chi connectivity index (χ2n) is 4.23. The van der Waals surface area contributed by atoms with Crippen molar-refractivity contribution in [3.05, 3.63) is 0 Å². The number of aliphatic carboxylic acids is 1. The maximum absolute atomic E-state index is 11.0. The van der Waals surface area contributed by atoms with Gasteiger partial charge in [0.2, 0.25) is 0 Å². The molecular formula is C10H17NO4. The molecule has 2 rings (SSSR count). The van der Waals surface area contributed by atoms with Crippen molar-refractivity contribution in [2.24, 2.45) is 5.92 Å². The maximum Gasteiger partial charge on any atom is 0.310 e. The molecule has 1 N–H and O–H groups in total. The number of carboxylic acids is 1. The van der Waals surface area contributed by atoms with Crippen molar-refractivity contribution in [2.75, 3.05) is 33.5 Å². The second-order valence-corrected chi connectivity index (χ2v) is 4.23. The highest BCUT2D eigenvalue weighted by atomic mass is 16.5. The van der Waals surface area contributed by atoms with Crippen LogP contribution in [0.4, 0.5) is 0 Å². The molecule has 5 heteroatoms. The summed E-state index contributed by atoms with van der Waals surface area (Å²) in [5.41, 5.74) is 0. The van der Waals surface area contributed by atoms with Crippen molar-refractivity contribution < 1.29 is 19.4 Å². The van der Waals surface area contributed by atoms with E-state index in [9.17, 15) is 4.79 Å². The first kappa shape index (κ1) is 10.9. The Bertz CT molecular complexity index is 240. The van der Waals surface area contributed by atoms with Gasteiger partial charge in [0, 0.05) is 18.7 Å². The fraction of sp³-hybridized carbons (Fsp3) is 0.900. The van der Waals surface area contributed by atoms with Gasteiger partial charge in [0.15, 0.2) is 0 Å². The van der Waals surface area contributed by atoms with Gasteiger partial charge in [0.1, 0.15) is 0 Å². The first-order valence-corrected chi connectivity index (χ1v) is 5.30. The third-order valence-electron chi connectivity index (χ3n) is 3.37. The van der Waals surface area contributed by atoms with E-state index in [1.54, 1.807) is 0 Å². The second kappa shape index (κ2) is 4.47. The van der Waals surface area contributed by atoms with E-state index in [2.05, 4.69) is 4.90 Å². The van der Waals surface area contributed by atoms with Crippen LogP contribution in [0.25, 0.3) is 0 Å². The summed E-state index contributed by atoms with van der Waals surface area (Å²) in [6, 6.07) is 0.341. The van der Waals surface area contributed by atoms with Crippen LogP contribution in [0.1, 0.15) is 6.42 Å². The molecule has 0 spiro atoms. The van der Waals surface area contributed by atoms with Gasteiger partial charge >= 0.3 is 5.97 Å². The topological polar surface area (TPSA) is 59.0 Å². The van der Waals surface area contributed by atoms with Crippen LogP contribution in [0.2, 0.25) is 0 Å². The summed E-state index contributed by atoms with van der Waals surface area (Å²) in [7, 11) is 1.97. The molecule has 0 aromatic carbocycles.